The maximum atomic E-state index is 10.0. The van der Waals surface area contributed by atoms with Gasteiger partial charge in [0.05, 0.1) is 6.26 Å². The van der Waals surface area contributed by atoms with Crippen molar-refractivity contribution in [1.29, 1.82) is 0 Å². The van der Waals surface area contributed by atoms with Crippen molar-refractivity contribution in [3.63, 3.8) is 0 Å². The second-order valence-corrected chi connectivity index (χ2v) is 5.11. The highest BCUT2D eigenvalue weighted by atomic mass is 16.4. The van der Waals surface area contributed by atoms with Crippen LogP contribution in [-0.2, 0) is 0 Å². The maximum absolute atomic E-state index is 10.0. The number of para-hydroxylation sites is 1. The number of nitrogens with zero attached hydrogens (tertiary/aromatic N) is 1. The summed E-state index contributed by atoms with van der Waals surface area (Å²) in [5, 5.41) is 13.4. The maximum Gasteiger partial charge on any atom is 0.133 e. The SMILES string of the molecule is C[C@@H](NC[C@@H](O)c1ccco1)c1ccccc1N(C)C. The first kappa shape index (κ1) is 14.6. The van der Waals surface area contributed by atoms with Crippen LogP contribution in [0.25, 0.3) is 0 Å². The molecule has 0 aliphatic rings. The Morgan fingerprint density at radius 3 is 2.60 bits per heavy atom. The molecular weight excluding hydrogens is 252 g/mol. The van der Waals surface area contributed by atoms with Crippen LogP contribution >= 0.6 is 0 Å². The van der Waals surface area contributed by atoms with E-state index < -0.39 is 6.10 Å². The van der Waals surface area contributed by atoms with Gasteiger partial charge >= 0.3 is 0 Å². The van der Waals surface area contributed by atoms with Crippen molar-refractivity contribution in [3.05, 3.63) is 54.0 Å². The molecule has 2 N–H and O–H groups in total. The summed E-state index contributed by atoms with van der Waals surface area (Å²) < 4.78 is 5.20. The molecule has 20 heavy (non-hydrogen) atoms. The summed E-state index contributed by atoms with van der Waals surface area (Å²) in [6, 6.07) is 12.0. The van der Waals surface area contributed by atoms with E-state index in [1.165, 1.54) is 11.3 Å². The summed E-state index contributed by atoms with van der Waals surface area (Å²) in [5.74, 6) is 0.589. The zero-order valence-electron chi connectivity index (χ0n) is 12.2. The Hall–Kier alpha value is -1.78. The molecule has 0 saturated heterocycles. The Kier molecular flexibility index (Phi) is 4.82. The third-order valence-corrected chi connectivity index (χ3v) is 3.37. The fourth-order valence-electron chi connectivity index (χ4n) is 2.24. The lowest BCUT2D eigenvalue weighted by molar-refractivity contribution is 0.144. The predicted molar refractivity (Wildman–Crippen MR) is 80.9 cm³/mol. The molecule has 1 aromatic carbocycles. The minimum absolute atomic E-state index is 0.151. The summed E-state index contributed by atoms with van der Waals surface area (Å²) in [6.07, 6.45) is 0.947. The number of benzene rings is 1. The van der Waals surface area contributed by atoms with E-state index in [0.717, 1.165) is 0 Å². The number of hydrogen-bond acceptors (Lipinski definition) is 4. The van der Waals surface area contributed by atoms with E-state index in [2.05, 4.69) is 29.3 Å². The minimum Gasteiger partial charge on any atom is -0.467 e. The molecule has 2 rings (SSSR count). The third kappa shape index (κ3) is 3.40. The van der Waals surface area contributed by atoms with Crippen LogP contribution in [0, 0.1) is 0 Å². The lowest BCUT2D eigenvalue weighted by atomic mass is 10.1. The minimum atomic E-state index is -0.626. The average molecular weight is 274 g/mol. The molecule has 0 radical (unpaired) electrons. The van der Waals surface area contributed by atoms with E-state index in [9.17, 15) is 5.11 Å². The van der Waals surface area contributed by atoms with Gasteiger partial charge in [0.25, 0.3) is 0 Å². The second kappa shape index (κ2) is 6.59. The average Bonchev–Trinajstić information content (AvgIpc) is 2.98. The van der Waals surface area contributed by atoms with Gasteiger partial charge in [-0.1, -0.05) is 18.2 Å². The van der Waals surface area contributed by atoms with E-state index in [-0.39, 0.29) is 6.04 Å². The van der Waals surface area contributed by atoms with Crippen molar-refractivity contribution in [2.24, 2.45) is 0 Å². The molecule has 0 amide bonds. The molecule has 4 nitrogen and oxygen atoms in total. The molecule has 0 saturated carbocycles. The Labute approximate surface area is 120 Å². The van der Waals surface area contributed by atoms with Gasteiger partial charge in [0.2, 0.25) is 0 Å². The molecule has 0 aliphatic heterocycles. The molecule has 2 atom stereocenters. The van der Waals surface area contributed by atoms with Gasteiger partial charge in [-0.05, 0) is 30.7 Å². The standard InChI is InChI=1S/C16H22N2O2/c1-12(13-7-4-5-8-14(13)18(2)3)17-11-15(19)16-9-6-10-20-16/h4-10,12,15,17,19H,11H2,1-3H3/t12-,15-/m1/s1. The second-order valence-electron chi connectivity index (χ2n) is 5.11. The Balaban J connectivity index is 2.00. The fourth-order valence-corrected chi connectivity index (χ4v) is 2.24. The Morgan fingerprint density at radius 1 is 1.20 bits per heavy atom. The van der Waals surface area contributed by atoms with Crippen molar-refractivity contribution >= 4 is 5.69 Å². The van der Waals surface area contributed by atoms with Crippen LogP contribution in [0.15, 0.2) is 47.1 Å². The molecule has 4 heteroatoms. The molecule has 1 aromatic heterocycles. The highest BCUT2D eigenvalue weighted by molar-refractivity contribution is 5.53. The summed E-state index contributed by atoms with van der Waals surface area (Å²) in [4.78, 5) is 2.09. The van der Waals surface area contributed by atoms with Crippen LogP contribution in [0.5, 0.6) is 0 Å². The van der Waals surface area contributed by atoms with Gasteiger partial charge in [-0.25, -0.2) is 0 Å². The lowest BCUT2D eigenvalue weighted by Crippen LogP contribution is -2.26. The first-order valence-corrected chi connectivity index (χ1v) is 6.80. The first-order valence-electron chi connectivity index (χ1n) is 6.80. The van der Waals surface area contributed by atoms with Crippen molar-refractivity contribution in [1.82, 2.24) is 5.32 Å². The van der Waals surface area contributed by atoms with Crippen LogP contribution in [-0.4, -0.2) is 25.7 Å². The molecule has 0 aliphatic carbocycles. The molecule has 0 bridgehead atoms. The largest absolute Gasteiger partial charge is 0.467 e. The van der Waals surface area contributed by atoms with Gasteiger partial charge in [0.15, 0.2) is 0 Å². The number of furan rings is 1. The zero-order chi connectivity index (χ0) is 14.5. The van der Waals surface area contributed by atoms with Crippen molar-refractivity contribution in [2.75, 3.05) is 25.5 Å². The first-order chi connectivity index (χ1) is 9.59. The van der Waals surface area contributed by atoms with Gasteiger partial charge in [0, 0.05) is 32.4 Å². The quantitative estimate of drug-likeness (QED) is 0.850. The van der Waals surface area contributed by atoms with Gasteiger partial charge in [-0.2, -0.15) is 0 Å². The summed E-state index contributed by atoms with van der Waals surface area (Å²) in [5.41, 5.74) is 2.39. The zero-order valence-corrected chi connectivity index (χ0v) is 12.2. The summed E-state index contributed by atoms with van der Waals surface area (Å²) in [7, 11) is 4.06. The molecule has 1 heterocycles. The number of anilines is 1. The Morgan fingerprint density at radius 2 is 1.95 bits per heavy atom. The van der Waals surface area contributed by atoms with E-state index >= 15 is 0 Å². The highest BCUT2D eigenvalue weighted by Gasteiger charge is 2.15. The Bertz CT molecular complexity index is 523. The summed E-state index contributed by atoms with van der Waals surface area (Å²) >= 11 is 0. The number of aliphatic hydroxyl groups is 1. The summed E-state index contributed by atoms with van der Waals surface area (Å²) in [6.45, 7) is 2.55. The number of nitrogens with one attached hydrogen (secondary N) is 1. The smallest absolute Gasteiger partial charge is 0.133 e. The molecule has 2 aromatic rings. The van der Waals surface area contributed by atoms with Crippen LogP contribution in [0.3, 0.4) is 0 Å². The normalized spacial score (nSPS) is 14.0. The van der Waals surface area contributed by atoms with Gasteiger partial charge < -0.3 is 19.7 Å². The van der Waals surface area contributed by atoms with E-state index in [4.69, 9.17) is 4.42 Å². The van der Waals surface area contributed by atoms with Crippen LogP contribution < -0.4 is 10.2 Å². The van der Waals surface area contributed by atoms with Gasteiger partial charge in [-0.3, -0.25) is 0 Å². The topological polar surface area (TPSA) is 48.6 Å². The molecular formula is C16H22N2O2. The van der Waals surface area contributed by atoms with Crippen LogP contribution in [0.2, 0.25) is 0 Å². The molecule has 108 valence electrons. The van der Waals surface area contributed by atoms with Gasteiger partial charge in [-0.15, -0.1) is 0 Å². The van der Waals surface area contributed by atoms with Crippen LogP contribution in [0.1, 0.15) is 30.4 Å². The van der Waals surface area contributed by atoms with Crippen molar-refractivity contribution in [2.45, 2.75) is 19.1 Å². The number of hydrogen-bond donors (Lipinski definition) is 2. The molecule has 0 spiro atoms. The predicted octanol–water partition coefficient (Wildman–Crippen LogP) is 2.73. The van der Waals surface area contributed by atoms with Gasteiger partial charge in [0.1, 0.15) is 11.9 Å². The fraction of sp³-hybridized carbons (Fsp3) is 0.375. The van der Waals surface area contributed by atoms with Crippen LogP contribution in [0.4, 0.5) is 5.69 Å². The molecule has 0 fully saturated rings. The third-order valence-electron chi connectivity index (χ3n) is 3.37. The van der Waals surface area contributed by atoms with E-state index in [1.807, 2.05) is 26.2 Å². The van der Waals surface area contributed by atoms with E-state index in [1.54, 1.807) is 18.4 Å². The van der Waals surface area contributed by atoms with E-state index in [0.29, 0.717) is 12.3 Å². The molecule has 0 unspecified atom stereocenters. The van der Waals surface area contributed by atoms with Crippen molar-refractivity contribution < 1.29 is 9.52 Å². The number of aliphatic hydroxyl groups excluding tert-OH is 1. The monoisotopic (exact) mass is 274 g/mol. The number of rotatable bonds is 6. The highest BCUT2D eigenvalue weighted by Crippen LogP contribution is 2.25. The lowest BCUT2D eigenvalue weighted by Gasteiger charge is -2.23. The van der Waals surface area contributed by atoms with Crippen molar-refractivity contribution in [3.8, 4) is 0 Å².